The van der Waals surface area contributed by atoms with Gasteiger partial charge in [-0.15, -0.1) is 0 Å². The fourth-order valence-corrected chi connectivity index (χ4v) is 2.26. The molecule has 0 atom stereocenters. The van der Waals surface area contributed by atoms with Crippen molar-refractivity contribution in [3.05, 3.63) is 23.4 Å². The Kier molecular flexibility index (Phi) is 5.35. The highest BCUT2D eigenvalue weighted by atomic mass is 16.5. The maximum absolute atomic E-state index is 11.1. The summed E-state index contributed by atoms with van der Waals surface area (Å²) in [4.78, 5) is 15.5. The predicted octanol–water partition coefficient (Wildman–Crippen LogP) is 2.54. The summed E-state index contributed by atoms with van der Waals surface area (Å²) in [5.41, 5.74) is 1.01. The lowest BCUT2D eigenvalue weighted by molar-refractivity contribution is 0.0489. The number of carbonyl (C=O) groups is 1. The molecular weight excluding hydrogens is 258 g/mol. The van der Waals surface area contributed by atoms with Crippen molar-refractivity contribution in [2.45, 2.75) is 32.6 Å². The van der Waals surface area contributed by atoms with Crippen molar-refractivity contribution in [3.8, 4) is 5.88 Å². The number of rotatable bonds is 6. The number of pyridine rings is 1. The molecule has 2 rings (SSSR count). The van der Waals surface area contributed by atoms with Crippen LogP contribution in [0.3, 0.4) is 0 Å². The highest BCUT2D eigenvalue weighted by Crippen LogP contribution is 2.19. The summed E-state index contributed by atoms with van der Waals surface area (Å²) in [6.45, 7) is 4.16. The molecule has 0 saturated carbocycles. The van der Waals surface area contributed by atoms with Gasteiger partial charge in [0.05, 0.1) is 12.2 Å². The average Bonchev–Trinajstić information content (AvgIpc) is 2.46. The van der Waals surface area contributed by atoms with Gasteiger partial charge in [0.1, 0.15) is 0 Å². The van der Waals surface area contributed by atoms with Gasteiger partial charge in [-0.05, 0) is 31.2 Å². The number of carboxylic acid groups (broad SMARTS) is 1. The van der Waals surface area contributed by atoms with Gasteiger partial charge in [-0.2, -0.15) is 0 Å². The summed E-state index contributed by atoms with van der Waals surface area (Å²) in [7, 11) is 0. The molecule has 0 aliphatic carbocycles. The van der Waals surface area contributed by atoms with Crippen molar-refractivity contribution in [1.82, 2.24) is 4.98 Å². The van der Waals surface area contributed by atoms with Crippen molar-refractivity contribution in [1.29, 1.82) is 0 Å². The lowest BCUT2D eigenvalue weighted by Crippen LogP contribution is -2.21. The highest BCUT2D eigenvalue weighted by molar-refractivity contribution is 5.88. The lowest BCUT2D eigenvalue weighted by Gasteiger charge is -2.21. The Morgan fingerprint density at radius 2 is 2.20 bits per heavy atom. The van der Waals surface area contributed by atoms with Gasteiger partial charge in [0.25, 0.3) is 0 Å². The molecule has 0 radical (unpaired) electrons. The number of aromatic nitrogens is 1. The molecule has 1 aliphatic heterocycles. The summed E-state index contributed by atoms with van der Waals surface area (Å²) >= 11 is 0. The molecule has 0 bridgehead atoms. The molecule has 1 aromatic heterocycles. The van der Waals surface area contributed by atoms with Crippen LogP contribution in [0.4, 0.5) is 0 Å². The number of aromatic carboxylic acids is 1. The lowest BCUT2D eigenvalue weighted by atomic mass is 10.0. The Morgan fingerprint density at radius 3 is 2.85 bits per heavy atom. The molecule has 110 valence electrons. The molecule has 0 unspecified atom stereocenters. The van der Waals surface area contributed by atoms with Crippen LogP contribution < -0.4 is 4.74 Å². The third-order valence-corrected chi connectivity index (χ3v) is 3.42. The molecule has 5 nitrogen and oxygen atoms in total. The van der Waals surface area contributed by atoms with Gasteiger partial charge in [0, 0.05) is 25.0 Å². The number of aryl methyl sites for hydroxylation is 1. The van der Waals surface area contributed by atoms with Crippen LogP contribution in [0.25, 0.3) is 0 Å². The summed E-state index contributed by atoms with van der Waals surface area (Å²) in [5.74, 6) is -0.0610. The third-order valence-electron chi connectivity index (χ3n) is 3.42. The van der Waals surface area contributed by atoms with Crippen LogP contribution in [0.5, 0.6) is 5.88 Å². The Balaban J connectivity index is 2.03. The van der Waals surface area contributed by atoms with E-state index in [1.54, 1.807) is 6.07 Å². The molecule has 20 heavy (non-hydrogen) atoms. The zero-order valence-corrected chi connectivity index (χ0v) is 11.8. The fourth-order valence-electron chi connectivity index (χ4n) is 2.26. The van der Waals surface area contributed by atoms with Crippen molar-refractivity contribution >= 4 is 5.97 Å². The van der Waals surface area contributed by atoms with E-state index in [2.05, 4.69) is 4.98 Å². The van der Waals surface area contributed by atoms with E-state index in [-0.39, 0.29) is 5.56 Å². The molecular formula is C15H21NO4. The van der Waals surface area contributed by atoms with Crippen LogP contribution in [0.15, 0.2) is 12.1 Å². The van der Waals surface area contributed by atoms with Crippen molar-refractivity contribution < 1.29 is 19.4 Å². The van der Waals surface area contributed by atoms with Gasteiger partial charge in [-0.25, -0.2) is 9.78 Å². The van der Waals surface area contributed by atoms with E-state index in [1.807, 2.05) is 6.92 Å². The summed E-state index contributed by atoms with van der Waals surface area (Å²) in [6, 6.07) is 3.12. The minimum atomic E-state index is -0.944. The van der Waals surface area contributed by atoms with Crippen LogP contribution in [-0.4, -0.2) is 35.9 Å². The average molecular weight is 279 g/mol. The molecule has 1 aromatic rings. The molecule has 1 saturated heterocycles. The molecule has 1 N–H and O–H groups in total. The van der Waals surface area contributed by atoms with Gasteiger partial charge in [0.2, 0.25) is 5.88 Å². The second-order valence-electron chi connectivity index (χ2n) is 5.11. The SMILES string of the molecule is CCCc1cc(C(=O)O)cc(OCC2CCOCC2)n1. The van der Waals surface area contributed by atoms with Crippen molar-refractivity contribution in [2.75, 3.05) is 19.8 Å². The summed E-state index contributed by atoms with van der Waals surface area (Å²) in [6.07, 6.45) is 3.66. The number of carboxylic acids is 1. The highest BCUT2D eigenvalue weighted by Gasteiger charge is 2.15. The maximum atomic E-state index is 11.1. The van der Waals surface area contributed by atoms with Crippen molar-refractivity contribution in [3.63, 3.8) is 0 Å². The zero-order chi connectivity index (χ0) is 14.4. The topological polar surface area (TPSA) is 68.7 Å². The smallest absolute Gasteiger partial charge is 0.335 e. The predicted molar refractivity (Wildman–Crippen MR) is 74.2 cm³/mol. The van der Waals surface area contributed by atoms with E-state index in [0.29, 0.717) is 18.4 Å². The third kappa shape index (κ3) is 4.20. The Bertz CT molecular complexity index is 455. The summed E-state index contributed by atoms with van der Waals surface area (Å²) in [5, 5.41) is 9.12. The molecule has 0 amide bonds. The number of hydrogen-bond donors (Lipinski definition) is 1. The van der Waals surface area contributed by atoms with E-state index in [1.165, 1.54) is 6.07 Å². The van der Waals surface area contributed by atoms with E-state index >= 15 is 0 Å². The molecule has 0 spiro atoms. The van der Waals surface area contributed by atoms with Crippen LogP contribution in [0.2, 0.25) is 0 Å². The Labute approximate surface area is 118 Å². The standard InChI is InChI=1S/C15H21NO4/c1-2-3-13-8-12(15(17)18)9-14(16-13)20-10-11-4-6-19-7-5-11/h8-9,11H,2-7,10H2,1H3,(H,17,18). The van der Waals surface area contributed by atoms with Crippen LogP contribution in [-0.2, 0) is 11.2 Å². The largest absolute Gasteiger partial charge is 0.478 e. The first-order chi connectivity index (χ1) is 9.69. The normalized spacial score (nSPS) is 16.1. The van der Waals surface area contributed by atoms with Gasteiger partial charge < -0.3 is 14.6 Å². The first-order valence-electron chi connectivity index (χ1n) is 7.14. The first-order valence-corrected chi connectivity index (χ1v) is 7.14. The molecule has 1 fully saturated rings. The minimum absolute atomic E-state index is 0.241. The molecule has 0 aromatic carbocycles. The quantitative estimate of drug-likeness (QED) is 0.866. The Morgan fingerprint density at radius 1 is 1.45 bits per heavy atom. The number of ether oxygens (including phenoxy) is 2. The number of nitrogens with zero attached hydrogens (tertiary/aromatic N) is 1. The first kappa shape index (κ1) is 14.8. The summed E-state index contributed by atoms with van der Waals surface area (Å²) < 4.78 is 11.0. The molecule has 2 heterocycles. The molecule has 1 aliphatic rings. The van der Waals surface area contributed by atoms with Gasteiger partial charge >= 0.3 is 5.97 Å². The van der Waals surface area contributed by atoms with E-state index in [4.69, 9.17) is 14.6 Å². The second-order valence-corrected chi connectivity index (χ2v) is 5.11. The van der Waals surface area contributed by atoms with Crippen LogP contribution in [0, 0.1) is 5.92 Å². The number of hydrogen-bond acceptors (Lipinski definition) is 4. The van der Waals surface area contributed by atoms with Crippen molar-refractivity contribution in [2.24, 2.45) is 5.92 Å². The fraction of sp³-hybridized carbons (Fsp3) is 0.600. The Hall–Kier alpha value is -1.62. The van der Waals surface area contributed by atoms with Gasteiger partial charge in [-0.1, -0.05) is 13.3 Å². The van der Waals surface area contributed by atoms with Crippen LogP contribution in [0.1, 0.15) is 42.2 Å². The van der Waals surface area contributed by atoms with Crippen LogP contribution >= 0.6 is 0 Å². The maximum Gasteiger partial charge on any atom is 0.335 e. The van der Waals surface area contributed by atoms with Gasteiger partial charge in [0.15, 0.2) is 0 Å². The zero-order valence-electron chi connectivity index (χ0n) is 11.8. The molecule has 5 heteroatoms. The van der Waals surface area contributed by atoms with E-state index in [0.717, 1.165) is 44.6 Å². The minimum Gasteiger partial charge on any atom is -0.478 e. The second kappa shape index (κ2) is 7.24. The monoisotopic (exact) mass is 279 g/mol. The van der Waals surface area contributed by atoms with Gasteiger partial charge in [-0.3, -0.25) is 0 Å². The van der Waals surface area contributed by atoms with E-state index in [9.17, 15) is 4.79 Å². The van der Waals surface area contributed by atoms with E-state index < -0.39 is 5.97 Å².